The zero-order valence-electron chi connectivity index (χ0n) is 16.5. The van der Waals surface area contributed by atoms with Crippen molar-refractivity contribution < 1.29 is 24.1 Å². The summed E-state index contributed by atoms with van der Waals surface area (Å²) in [4.78, 5) is 27.1. The molecule has 1 fully saturated rings. The predicted molar refractivity (Wildman–Crippen MR) is 105 cm³/mol. The molecule has 3 N–H and O–H groups in total. The lowest BCUT2D eigenvalue weighted by Gasteiger charge is -2.30. The van der Waals surface area contributed by atoms with Crippen LogP contribution in [-0.2, 0) is 20.9 Å². The quantitative estimate of drug-likeness (QED) is 0.510. The van der Waals surface area contributed by atoms with E-state index in [0.29, 0.717) is 6.54 Å². The standard InChI is InChI=1S/C20H30ClN3O3/c1-4-15(2)19(20(26)27-3)22-18(25)14-24-11-9-23(10-12-24)13-16-5-7-17(21)8-6-16/h5-8,15,19H,4,9-14H2,1-3H3,(H,22,25)/p+2/t15-,19+/m1/s1. The minimum Gasteiger partial charge on any atom is -0.467 e. The number of amides is 1. The van der Waals surface area contributed by atoms with Crippen molar-refractivity contribution >= 4 is 23.5 Å². The van der Waals surface area contributed by atoms with E-state index >= 15 is 0 Å². The second-order valence-corrected chi connectivity index (χ2v) is 7.87. The van der Waals surface area contributed by atoms with Crippen molar-refractivity contribution in [3.05, 3.63) is 34.9 Å². The van der Waals surface area contributed by atoms with Crippen molar-refractivity contribution in [1.29, 1.82) is 0 Å². The average Bonchev–Trinajstić information content (AvgIpc) is 2.68. The van der Waals surface area contributed by atoms with Gasteiger partial charge >= 0.3 is 5.97 Å². The zero-order chi connectivity index (χ0) is 19.8. The summed E-state index contributed by atoms with van der Waals surface area (Å²) in [7, 11) is 1.36. The van der Waals surface area contributed by atoms with Crippen LogP contribution < -0.4 is 15.1 Å². The average molecular weight is 398 g/mol. The molecule has 0 saturated carbocycles. The number of methoxy groups -OCH3 is 1. The van der Waals surface area contributed by atoms with Crippen molar-refractivity contribution in [3.63, 3.8) is 0 Å². The molecule has 6 nitrogen and oxygen atoms in total. The van der Waals surface area contributed by atoms with E-state index in [2.05, 4.69) is 17.4 Å². The summed E-state index contributed by atoms with van der Waals surface area (Å²) in [5.41, 5.74) is 1.28. The fourth-order valence-electron chi connectivity index (χ4n) is 3.45. The molecule has 1 aromatic carbocycles. The number of halogens is 1. The number of hydrogen-bond donors (Lipinski definition) is 3. The maximum absolute atomic E-state index is 12.4. The number of piperazine rings is 1. The Morgan fingerprint density at radius 2 is 1.74 bits per heavy atom. The number of ether oxygens (including phenoxy) is 1. The molecule has 0 radical (unpaired) electrons. The van der Waals surface area contributed by atoms with Gasteiger partial charge in [0.05, 0.1) is 7.11 Å². The number of quaternary nitrogens is 2. The van der Waals surface area contributed by atoms with Gasteiger partial charge in [0.25, 0.3) is 5.91 Å². The molecule has 1 aliphatic heterocycles. The Kier molecular flexibility index (Phi) is 8.54. The highest BCUT2D eigenvalue weighted by Gasteiger charge is 2.30. The van der Waals surface area contributed by atoms with E-state index < -0.39 is 6.04 Å². The van der Waals surface area contributed by atoms with Crippen LogP contribution in [0.15, 0.2) is 24.3 Å². The molecule has 7 heteroatoms. The lowest BCUT2D eigenvalue weighted by molar-refractivity contribution is -1.02. The van der Waals surface area contributed by atoms with Gasteiger partial charge in [0.2, 0.25) is 0 Å². The predicted octanol–water partition coefficient (Wildman–Crippen LogP) is -0.673. The SMILES string of the molecule is CC[C@@H](C)[C@H](NC(=O)C[NH+]1CC[NH+](Cc2ccc(Cl)cc2)CC1)C(=O)OC. The summed E-state index contributed by atoms with van der Waals surface area (Å²) in [6.07, 6.45) is 0.805. The van der Waals surface area contributed by atoms with Gasteiger partial charge < -0.3 is 19.9 Å². The monoisotopic (exact) mass is 397 g/mol. The third-order valence-electron chi connectivity index (χ3n) is 5.43. The summed E-state index contributed by atoms with van der Waals surface area (Å²) in [6, 6.07) is 7.44. The highest BCUT2D eigenvalue weighted by atomic mass is 35.5. The van der Waals surface area contributed by atoms with Gasteiger partial charge in [-0.25, -0.2) is 4.79 Å². The summed E-state index contributed by atoms with van der Waals surface area (Å²) >= 11 is 5.94. The van der Waals surface area contributed by atoms with E-state index in [1.165, 1.54) is 22.5 Å². The maximum atomic E-state index is 12.4. The first-order chi connectivity index (χ1) is 12.9. The van der Waals surface area contributed by atoms with Gasteiger partial charge in [0.15, 0.2) is 6.54 Å². The largest absolute Gasteiger partial charge is 0.467 e. The number of esters is 1. The number of carbonyl (C=O) groups is 2. The molecule has 1 aliphatic rings. The van der Waals surface area contributed by atoms with Crippen molar-refractivity contribution in [2.75, 3.05) is 39.8 Å². The van der Waals surface area contributed by atoms with E-state index in [-0.39, 0.29) is 17.8 Å². The van der Waals surface area contributed by atoms with E-state index in [9.17, 15) is 9.59 Å². The molecule has 2 rings (SSSR count). The van der Waals surface area contributed by atoms with Gasteiger partial charge in [-0.3, -0.25) is 4.79 Å². The molecule has 27 heavy (non-hydrogen) atoms. The molecule has 150 valence electrons. The van der Waals surface area contributed by atoms with E-state index in [1.807, 2.05) is 26.0 Å². The molecular formula is C20H32ClN3O3+2. The molecule has 1 saturated heterocycles. The van der Waals surface area contributed by atoms with Crippen molar-refractivity contribution in [3.8, 4) is 0 Å². The van der Waals surface area contributed by atoms with Crippen LogP contribution in [0.5, 0.6) is 0 Å². The number of hydrogen-bond acceptors (Lipinski definition) is 3. The Balaban J connectivity index is 1.77. The molecule has 1 aromatic rings. The summed E-state index contributed by atoms with van der Waals surface area (Å²) in [6.45, 7) is 9.28. The Morgan fingerprint density at radius 1 is 1.15 bits per heavy atom. The molecule has 1 amide bonds. The minimum atomic E-state index is -0.566. The fourth-order valence-corrected chi connectivity index (χ4v) is 3.58. The topological polar surface area (TPSA) is 64.3 Å². The number of benzene rings is 1. The van der Waals surface area contributed by atoms with Crippen LogP contribution in [0.3, 0.4) is 0 Å². The van der Waals surface area contributed by atoms with Crippen molar-refractivity contribution in [1.82, 2.24) is 5.32 Å². The molecular weight excluding hydrogens is 366 g/mol. The number of nitrogens with one attached hydrogen (secondary N) is 3. The van der Waals surface area contributed by atoms with Crippen LogP contribution in [0.4, 0.5) is 0 Å². The second-order valence-electron chi connectivity index (χ2n) is 7.43. The van der Waals surface area contributed by atoms with Gasteiger partial charge in [-0.15, -0.1) is 0 Å². The van der Waals surface area contributed by atoms with Crippen LogP contribution in [0, 0.1) is 5.92 Å². The van der Waals surface area contributed by atoms with E-state index in [4.69, 9.17) is 16.3 Å². The van der Waals surface area contributed by atoms with Crippen LogP contribution in [0.2, 0.25) is 5.02 Å². The molecule has 0 aromatic heterocycles. The molecule has 0 unspecified atom stereocenters. The lowest BCUT2D eigenvalue weighted by atomic mass is 9.99. The Hall–Kier alpha value is -1.63. The highest BCUT2D eigenvalue weighted by molar-refractivity contribution is 6.30. The Morgan fingerprint density at radius 3 is 2.30 bits per heavy atom. The lowest BCUT2D eigenvalue weighted by Crippen LogP contribution is -3.28. The molecule has 0 spiro atoms. The summed E-state index contributed by atoms with van der Waals surface area (Å²) in [5, 5.41) is 3.63. The first-order valence-electron chi connectivity index (χ1n) is 9.71. The summed E-state index contributed by atoms with van der Waals surface area (Å²) < 4.78 is 4.83. The normalized spacial score (nSPS) is 21.9. The Labute approximate surface area is 166 Å². The van der Waals surface area contributed by atoms with Crippen LogP contribution >= 0.6 is 11.6 Å². The first-order valence-corrected chi connectivity index (χ1v) is 10.1. The van der Waals surface area contributed by atoms with Crippen LogP contribution in [0.25, 0.3) is 0 Å². The molecule has 2 atom stereocenters. The van der Waals surface area contributed by atoms with Gasteiger partial charge in [-0.1, -0.05) is 44.0 Å². The van der Waals surface area contributed by atoms with Crippen molar-refractivity contribution in [2.24, 2.45) is 5.92 Å². The van der Waals surface area contributed by atoms with Gasteiger partial charge in [-0.2, -0.15) is 0 Å². The third-order valence-corrected chi connectivity index (χ3v) is 5.68. The minimum absolute atomic E-state index is 0.0528. The third kappa shape index (κ3) is 6.79. The van der Waals surface area contributed by atoms with Gasteiger partial charge in [0.1, 0.15) is 38.8 Å². The maximum Gasteiger partial charge on any atom is 0.328 e. The van der Waals surface area contributed by atoms with Crippen LogP contribution in [-0.4, -0.2) is 57.8 Å². The smallest absolute Gasteiger partial charge is 0.328 e. The molecule has 0 aliphatic carbocycles. The zero-order valence-corrected chi connectivity index (χ0v) is 17.3. The number of carbonyl (C=O) groups excluding carboxylic acids is 2. The van der Waals surface area contributed by atoms with Crippen molar-refractivity contribution in [2.45, 2.75) is 32.9 Å². The second kappa shape index (κ2) is 10.6. The number of rotatable bonds is 8. The summed E-state index contributed by atoms with van der Waals surface area (Å²) in [5.74, 6) is -0.399. The molecule has 0 bridgehead atoms. The van der Waals surface area contributed by atoms with Gasteiger partial charge in [0, 0.05) is 10.6 Å². The van der Waals surface area contributed by atoms with Crippen LogP contribution in [0.1, 0.15) is 25.8 Å². The van der Waals surface area contributed by atoms with Gasteiger partial charge in [-0.05, 0) is 18.1 Å². The van der Waals surface area contributed by atoms with E-state index in [0.717, 1.165) is 44.2 Å². The highest BCUT2D eigenvalue weighted by Crippen LogP contribution is 2.09. The molecule has 1 heterocycles. The fraction of sp³-hybridized carbons (Fsp3) is 0.600. The first kappa shape index (κ1) is 21.7. The van der Waals surface area contributed by atoms with E-state index in [1.54, 1.807) is 0 Å². The Bertz CT molecular complexity index is 615.